The molecular weight excluding hydrogens is 857 g/mol. The van der Waals surface area contributed by atoms with Gasteiger partial charge in [0.05, 0.1) is 41.8 Å². The van der Waals surface area contributed by atoms with E-state index >= 15 is 0 Å². The van der Waals surface area contributed by atoms with Gasteiger partial charge in [0.15, 0.2) is 16.7 Å². The number of aliphatic hydroxyl groups is 3. The predicted octanol–water partition coefficient (Wildman–Crippen LogP) is 4.19. The van der Waals surface area contributed by atoms with Gasteiger partial charge in [0.2, 0.25) is 10.9 Å². The van der Waals surface area contributed by atoms with Crippen LogP contribution in [0.3, 0.4) is 0 Å². The fraction of sp³-hybridized carbons (Fsp3) is 0.479. The number of nitrogens with zero attached hydrogens (tertiary/aromatic N) is 2. The van der Waals surface area contributed by atoms with Gasteiger partial charge in [-0.05, 0) is 26.3 Å². The molecule has 1 aromatic heterocycles. The average molecular weight is 917 g/mol. The number of phenols is 1. The van der Waals surface area contributed by atoms with Crippen LogP contribution < -0.4 is 36.5 Å². The number of hydrogen-bond acceptors (Lipinski definition) is 17. The highest BCUT2D eigenvalue weighted by Crippen LogP contribution is 2.42. The quantitative estimate of drug-likeness (QED) is 0.0566. The Kier molecular flexibility index (Phi) is 14.8. The number of nitrogens with one attached hydrogen (secondary N) is 2. The lowest BCUT2D eigenvalue weighted by molar-refractivity contribution is -0.160. The van der Waals surface area contributed by atoms with Crippen LogP contribution in [-0.4, -0.2) is 99.5 Å². The Labute approximate surface area is 380 Å². The summed E-state index contributed by atoms with van der Waals surface area (Å²) in [6.07, 6.45) is 4.16. The second-order valence-electron chi connectivity index (χ2n) is 17.4. The standard InChI is InChI=1S/C48H60N4O14/c1-11-16-52(17-18-53)29-20-30(55)36-32(21-29)65-45-37(49-36)33-34-41(58)27(7)44-35(33)46(51-61)48(9,66-44)63-19-15-31(62-10)24(4)43(64-28(8)54)26(6)40(57)25(5)39(56)22(2)13-12-14-23(3)47(60)50-38(45)42(34)59/h12-15,19-22,24-26,31,39-40,43,51,53,56-58,61H,11,16-18H2,1-10H3,(H,50,60)/b13-12+,19-15+,23-14-/t22-,24+,25+,26+,31-,39-,40+,43+,48-/m0/s1. The number of hydroxylamine groups is 1. The van der Waals surface area contributed by atoms with Gasteiger partial charge < -0.3 is 54.0 Å². The van der Waals surface area contributed by atoms with Crippen molar-refractivity contribution in [2.24, 2.45) is 23.7 Å². The van der Waals surface area contributed by atoms with Gasteiger partial charge in [-0.2, -0.15) is 0 Å². The first kappa shape index (κ1) is 49.4. The fourth-order valence-electron chi connectivity index (χ4n) is 9.00. The molecule has 0 unspecified atom stereocenters. The lowest BCUT2D eigenvalue weighted by Gasteiger charge is -2.38. The zero-order valence-corrected chi connectivity index (χ0v) is 38.8. The highest BCUT2D eigenvalue weighted by molar-refractivity contribution is 6.17. The van der Waals surface area contributed by atoms with Crippen LogP contribution in [0.15, 0.2) is 62.3 Å². The molecule has 9 atom stereocenters. The van der Waals surface area contributed by atoms with E-state index in [1.165, 1.54) is 59.3 Å². The summed E-state index contributed by atoms with van der Waals surface area (Å²) in [5.41, 5.74) is 0.0815. The molecule has 3 aromatic carbocycles. The molecule has 66 heavy (non-hydrogen) atoms. The highest BCUT2D eigenvalue weighted by Gasteiger charge is 2.44. The lowest BCUT2D eigenvalue weighted by Crippen LogP contribution is -2.46. The molecule has 5 bridgehead atoms. The Bertz CT molecular complexity index is 2800. The number of anilines is 2. The van der Waals surface area contributed by atoms with Crippen LogP contribution in [0.25, 0.3) is 38.7 Å². The lowest BCUT2D eigenvalue weighted by atomic mass is 9.78. The molecule has 2 aliphatic heterocycles. The number of rotatable bonds is 8. The van der Waals surface area contributed by atoms with Crippen molar-refractivity contribution in [3.8, 4) is 11.5 Å². The van der Waals surface area contributed by atoms with Crippen molar-refractivity contribution in [1.29, 1.82) is 0 Å². The number of ether oxygens (including phenoxy) is 4. The summed E-state index contributed by atoms with van der Waals surface area (Å²) >= 11 is 0. The number of allylic oxidation sites excluding steroid dienone is 2. The van der Waals surface area contributed by atoms with E-state index in [1.807, 2.05) is 6.92 Å². The minimum Gasteiger partial charge on any atom is -0.507 e. The second kappa shape index (κ2) is 19.8. The Morgan fingerprint density at radius 3 is 2.35 bits per heavy atom. The summed E-state index contributed by atoms with van der Waals surface area (Å²) in [6.45, 7) is 15.0. The number of aromatic nitrogens is 1. The molecule has 0 saturated heterocycles. The molecule has 356 valence electrons. The molecule has 0 fully saturated rings. The molecule has 7 N–H and O–H groups in total. The number of methoxy groups -OCH3 is 1. The molecule has 0 saturated carbocycles. The van der Waals surface area contributed by atoms with Crippen molar-refractivity contribution in [2.75, 3.05) is 37.0 Å². The van der Waals surface area contributed by atoms with Gasteiger partial charge in [-0.1, -0.05) is 52.8 Å². The maximum atomic E-state index is 14.9. The Morgan fingerprint density at radius 1 is 1.00 bits per heavy atom. The largest absolute Gasteiger partial charge is 0.507 e. The maximum Gasteiger partial charge on any atom is 0.302 e. The van der Waals surface area contributed by atoms with Crippen LogP contribution in [0, 0.1) is 30.6 Å². The van der Waals surface area contributed by atoms with Crippen molar-refractivity contribution in [3.05, 3.63) is 79.5 Å². The Balaban J connectivity index is 1.68. The number of benzene rings is 3. The molecule has 4 aromatic rings. The van der Waals surface area contributed by atoms with Gasteiger partial charge >= 0.3 is 5.97 Å². The van der Waals surface area contributed by atoms with E-state index in [0.717, 1.165) is 0 Å². The maximum absolute atomic E-state index is 14.9. The molecule has 6 rings (SSSR count). The summed E-state index contributed by atoms with van der Waals surface area (Å²) < 4.78 is 30.6. The van der Waals surface area contributed by atoms with Gasteiger partial charge in [-0.15, -0.1) is 0 Å². The summed E-state index contributed by atoms with van der Waals surface area (Å²) in [5, 5.41) is 57.8. The van der Waals surface area contributed by atoms with E-state index in [9.17, 15) is 44.8 Å². The number of aromatic hydroxyl groups is 1. The van der Waals surface area contributed by atoms with Crippen LogP contribution >= 0.6 is 0 Å². The smallest absolute Gasteiger partial charge is 0.302 e. The second-order valence-corrected chi connectivity index (χ2v) is 17.4. The van der Waals surface area contributed by atoms with Gasteiger partial charge in [-0.25, -0.2) is 4.98 Å². The minimum atomic E-state index is -1.91. The van der Waals surface area contributed by atoms with Gasteiger partial charge in [0, 0.05) is 92.1 Å². The van der Waals surface area contributed by atoms with E-state index < -0.39 is 88.0 Å². The number of aliphatic hydroxyl groups excluding tert-OH is 3. The SMILES string of the molecule is CCCN(CCO)c1cc(=O)c2nc3c(oc2c1)c1c(=O)c2c(O)c(C)c4c(c23)=C(NO)[C@@](C)(O/C=C/[C@H](OC)[C@@H](C)[C@@H](OC(C)=O)[C@H](C)[C@H](O)[C@H](C)[C@@H](O)[C@@H](C)/C=C/C=C(/C)C(=O)N1)O4. The Morgan fingerprint density at radius 2 is 1.71 bits per heavy atom. The van der Waals surface area contributed by atoms with Crippen LogP contribution in [0.2, 0.25) is 0 Å². The summed E-state index contributed by atoms with van der Waals surface area (Å²) in [4.78, 5) is 61.8. The summed E-state index contributed by atoms with van der Waals surface area (Å²) in [7, 11) is 1.44. The summed E-state index contributed by atoms with van der Waals surface area (Å²) in [5.74, 6) is -6.42. The normalized spacial score (nSPS) is 28.1. The zero-order valence-electron chi connectivity index (χ0n) is 38.8. The van der Waals surface area contributed by atoms with Crippen molar-refractivity contribution < 1.29 is 58.6 Å². The van der Waals surface area contributed by atoms with E-state index in [2.05, 4.69) is 10.8 Å². The molecule has 3 heterocycles. The highest BCUT2D eigenvalue weighted by atomic mass is 16.7. The van der Waals surface area contributed by atoms with E-state index in [0.29, 0.717) is 18.7 Å². The minimum absolute atomic E-state index is 0.0253. The third-order valence-electron chi connectivity index (χ3n) is 12.8. The number of phenolic OH excluding ortho intramolecular Hbond substituents is 1. The number of fused-ring (bicyclic) bond motifs is 5. The predicted molar refractivity (Wildman–Crippen MR) is 247 cm³/mol. The van der Waals surface area contributed by atoms with Crippen LogP contribution in [0.5, 0.6) is 11.5 Å². The molecule has 0 spiro atoms. The fourth-order valence-corrected chi connectivity index (χ4v) is 9.00. The van der Waals surface area contributed by atoms with Crippen LogP contribution in [-0.2, 0) is 23.8 Å². The number of hydrogen-bond donors (Lipinski definition) is 7. The van der Waals surface area contributed by atoms with E-state index in [-0.39, 0.29) is 73.9 Å². The first-order valence-corrected chi connectivity index (χ1v) is 21.9. The monoisotopic (exact) mass is 916 g/mol. The number of esters is 1. The van der Waals surface area contributed by atoms with Crippen molar-refractivity contribution in [2.45, 2.75) is 98.9 Å². The molecule has 2 aliphatic rings. The van der Waals surface area contributed by atoms with Gasteiger partial charge in [0.25, 0.3) is 11.7 Å². The van der Waals surface area contributed by atoms with E-state index in [4.69, 9.17) is 28.3 Å². The molecular formula is C48H60N4O14. The number of amides is 1. The van der Waals surface area contributed by atoms with E-state index in [1.54, 1.807) is 50.8 Å². The molecule has 18 heteroatoms. The average Bonchev–Trinajstić information content (AvgIpc) is 3.58. The van der Waals surface area contributed by atoms with Crippen molar-refractivity contribution >= 4 is 61.9 Å². The summed E-state index contributed by atoms with van der Waals surface area (Å²) in [6, 6.07) is 2.90. The molecule has 0 radical (unpaired) electrons. The third kappa shape index (κ3) is 9.07. The molecule has 1 amide bonds. The number of carbonyl (C=O) groups excluding carboxylic acids is 2. The van der Waals surface area contributed by atoms with Gasteiger partial charge in [0.1, 0.15) is 34.5 Å². The van der Waals surface area contributed by atoms with Gasteiger partial charge in [-0.3, -0.25) is 29.9 Å². The zero-order chi connectivity index (χ0) is 48.5. The third-order valence-corrected chi connectivity index (χ3v) is 12.8. The van der Waals surface area contributed by atoms with Crippen LogP contribution in [0.1, 0.15) is 67.4 Å². The van der Waals surface area contributed by atoms with Crippen LogP contribution in [0.4, 0.5) is 11.4 Å². The first-order chi connectivity index (χ1) is 31.2. The molecule has 18 nitrogen and oxygen atoms in total. The topological polar surface area (TPSA) is 260 Å². The van der Waals surface area contributed by atoms with Crippen molar-refractivity contribution in [1.82, 2.24) is 10.5 Å². The Hall–Kier alpha value is -6.05. The van der Waals surface area contributed by atoms with Crippen molar-refractivity contribution in [3.63, 3.8) is 0 Å². The molecule has 0 aliphatic carbocycles. The number of carbonyl (C=O) groups is 2. The first-order valence-electron chi connectivity index (χ1n) is 21.9.